The van der Waals surface area contributed by atoms with Crippen LogP contribution in [-0.2, 0) is 11.8 Å². The van der Waals surface area contributed by atoms with Crippen LogP contribution in [0.3, 0.4) is 0 Å². The van der Waals surface area contributed by atoms with E-state index in [9.17, 15) is 9.59 Å². The standard InChI is InChI=1S/C13H18N2O3/c1-9-8-10(2)14(3)12(16)11(9)13(17)15-4-6-18-7-5-15/h8H,4-7H2,1-3H3. The molecule has 2 rings (SSSR count). The highest BCUT2D eigenvalue weighted by molar-refractivity contribution is 5.95. The molecular formula is C13H18N2O3. The summed E-state index contributed by atoms with van der Waals surface area (Å²) in [6.45, 7) is 5.85. The summed E-state index contributed by atoms with van der Waals surface area (Å²) < 4.78 is 6.73. The number of carbonyl (C=O) groups is 1. The van der Waals surface area contributed by atoms with Crippen LogP contribution < -0.4 is 5.56 Å². The average Bonchev–Trinajstić information content (AvgIpc) is 2.37. The van der Waals surface area contributed by atoms with Crippen LogP contribution in [-0.4, -0.2) is 41.7 Å². The van der Waals surface area contributed by atoms with E-state index in [0.29, 0.717) is 26.3 Å². The lowest BCUT2D eigenvalue weighted by Crippen LogP contribution is -2.43. The second kappa shape index (κ2) is 4.94. The molecule has 1 aliphatic heterocycles. The molecule has 0 radical (unpaired) electrons. The van der Waals surface area contributed by atoms with Crippen LogP contribution in [0.5, 0.6) is 0 Å². The number of morpholine rings is 1. The SMILES string of the molecule is Cc1cc(C)n(C)c(=O)c1C(=O)N1CCOCC1. The number of nitrogens with zero attached hydrogens (tertiary/aromatic N) is 2. The Morgan fingerprint density at radius 1 is 1.28 bits per heavy atom. The predicted octanol–water partition coefficient (Wildman–Crippen LogP) is 0.475. The molecule has 1 aromatic rings. The van der Waals surface area contributed by atoms with E-state index in [-0.39, 0.29) is 17.0 Å². The Bertz CT molecular complexity index is 528. The number of aromatic nitrogens is 1. The molecule has 5 heteroatoms. The van der Waals surface area contributed by atoms with Crippen molar-refractivity contribution >= 4 is 5.91 Å². The van der Waals surface area contributed by atoms with Gasteiger partial charge in [0.05, 0.1) is 13.2 Å². The third-order valence-electron chi connectivity index (χ3n) is 3.38. The lowest BCUT2D eigenvalue weighted by molar-refractivity contribution is 0.0301. The molecule has 1 saturated heterocycles. The number of ether oxygens (including phenoxy) is 1. The summed E-state index contributed by atoms with van der Waals surface area (Å²) in [4.78, 5) is 26.2. The van der Waals surface area contributed by atoms with E-state index < -0.39 is 0 Å². The molecule has 0 bridgehead atoms. The Morgan fingerprint density at radius 3 is 2.50 bits per heavy atom. The maximum atomic E-state index is 12.4. The van der Waals surface area contributed by atoms with Gasteiger partial charge in [-0.05, 0) is 25.5 Å². The van der Waals surface area contributed by atoms with Gasteiger partial charge >= 0.3 is 0 Å². The monoisotopic (exact) mass is 250 g/mol. The lowest BCUT2D eigenvalue weighted by Gasteiger charge is -2.27. The Hall–Kier alpha value is -1.62. The molecule has 0 aromatic carbocycles. The average molecular weight is 250 g/mol. The van der Waals surface area contributed by atoms with Crippen molar-refractivity contribution in [3.8, 4) is 0 Å². The Labute approximate surface area is 106 Å². The highest BCUT2D eigenvalue weighted by Crippen LogP contribution is 2.10. The van der Waals surface area contributed by atoms with Gasteiger partial charge < -0.3 is 14.2 Å². The second-order valence-corrected chi connectivity index (χ2v) is 4.61. The van der Waals surface area contributed by atoms with Crippen LogP contribution in [0.2, 0.25) is 0 Å². The molecule has 0 N–H and O–H groups in total. The lowest BCUT2D eigenvalue weighted by atomic mass is 10.1. The molecule has 1 aromatic heterocycles. The minimum absolute atomic E-state index is 0.184. The first-order valence-corrected chi connectivity index (χ1v) is 6.06. The topological polar surface area (TPSA) is 51.5 Å². The van der Waals surface area contributed by atoms with Crippen molar-refractivity contribution in [3.05, 3.63) is 33.2 Å². The third kappa shape index (κ3) is 2.18. The maximum absolute atomic E-state index is 12.4. The van der Waals surface area contributed by atoms with Gasteiger partial charge in [-0.15, -0.1) is 0 Å². The van der Waals surface area contributed by atoms with Gasteiger partial charge in [0.15, 0.2) is 0 Å². The van der Waals surface area contributed by atoms with E-state index in [1.807, 2.05) is 19.9 Å². The fourth-order valence-corrected chi connectivity index (χ4v) is 2.16. The van der Waals surface area contributed by atoms with Crippen molar-refractivity contribution in [1.29, 1.82) is 0 Å². The molecule has 0 aliphatic carbocycles. The first-order chi connectivity index (χ1) is 8.52. The molecule has 0 atom stereocenters. The Morgan fingerprint density at radius 2 is 1.89 bits per heavy atom. The molecular weight excluding hydrogens is 232 g/mol. The summed E-state index contributed by atoms with van der Waals surface area (Å²) in [5, 5.41) is 0. The van der Waals surface area contributed by atoms with E-state index in [1.54, 1.807) is 11.9 Å². The molecule has 1 fully saturated rings. The van der Waals surface area contributed by atoms with Crippen LogP contribution in [0.4, 0.5) is 0 Å². The van der Waals surface area contributed by atoms with Gasteiger partial charge in [0.25, 0.3) is 11.5 Å². The number of pyridine rings is 1. The Kier molecular flexibility index (Phi) is 3.52. The van der Waals surface area contributed by atoms with Gasteiger partial charge in [0.2, 0.25) is 0 Å². The van der Waals surface area contributed by atoms with E-state index in [4.69, 9.17) is 4.74 Å². The van der Waals surface area contributed by atoms with E-state index in [1.165, 1.54) is 4.57 Å². The molecule has 1 amide bonds. The molecule has 18 heavy (non-hydrogen) atoms. The molecule has 0 unspecified atom stereocenters. The van der Waals surface area contributed by atoms with E-state index in [2.05, 4.69) is 0 Å². The van der Waals surface area contributed by atoms with Gasteiger partial charge in [0, 0.05) is 25.8 Å². The number of rotatable bonds is 1. The summed E-state index contributed by atoms with van der Waals surface area (Å²) in [5.41, 5.74) is 1.66. The molecule has 5 nitrogen and oxygen atoms in total. The summed E-state index contributed by atoms with van der Waals surface area (Å²) in [6.07, 6.45) is 0. The summed E-state index contributed by atoms with van der Waals surface area (Å²) >= 11 is 0. The van der Waals surface area contributed by atoms with Gasteiger partial charge in [-0.3, -0.25) is 9.59 Å². The third-order valence-corrected chi connectivity index (χ3v) is 3.38. The number of carbonyl (C=O) groups excluding carboxylic acids is 1. The zero-order valence-corrected chi connectivity index (χ0v) is 11.0. The normalized spacial score (nSPS) is 15.8. The zero-order chi connectivity index (χ0) is 13.3. The van der Waals surface area contributed by atoms with Crippen LogP contribution in [0, 0.1) is 13.8 Å². The van der Waals surface area contributed by atoms with Gasteiger partial charge in [-0.1, -0.05) is 0 Å². The van der Waals surface area contributed by atoms with Crippen LogP contribution in [0.15, 0.2) is 10.9 Å². The zero-order valence-electron chi connectivity index (χ0n) is 11.0. The second-order valence-electron chi connectivity index (χ2n) is 4.61. The van der Waals surface area contributed by atoms with Gasteiger partial charge in [-0.2, -0.15) is 0 Å². The number of hydrogen-bond donors (Lipinski definition) is 0. The maximum Gasteiger partial charge on any atom is 0.263 e. The Balaban J connectivity index is 2.41. The fraction of sp³-hybridized carbons (Fsp3) is 0.538. The van der Waals surface area contributed by atoms with E-state index >= 15 is 0 Å². The number of amides is 1. The highest BCUT2D eigenvalue weighted by Gasteiger charge is 2.23. The first kappa shape index (κ1) is 12.8. The largest absolute Gasteiger partial charge is 0.378 e. The van der Waals surface area contributed by atoms with Crippen molar-refractivity contribution < 1.29 is 9.53 Å². The number of hydrogen-bond acceptors (Lipinski definition) is 3. The minimum atomic E-state index is -0.219. The van der Waals surface area contributed by atoms with Crippen LogP contribution in [0.25, 0.3) is 0 Å². The smallest absolute Gasteiger partial charge is 0.263 e. The minimum Gasteiger partial charge on any atom is -0.378 e. The molecule has 1 aliphatic rings. The fourth-order valence-electron chi connectivity index (χ4n) is 2.16. The van der Waals surface area contributed by atoms with Crippen molar-refractivity contribution in [2.45, 2.75) is 13.8 Å². The number of aryl methyl sites for hydroxylation is 2. The van der Waals surface area contributed by atoms with Crippen molar-refractivity contribution in [2.75, 3.05) is 26.3 Å². The van der Waals surface area contributed by atoms with E-state index in [0.717, 1.165) is 11.3 Å². The molecule has 0 saturated carbocycles. The molecule has 98 valence electrons. The summed E-state index contributed by atoms with van der Waals surface area (Å²) in [7, 11) is 1.69. The van der Waals surface area contributed by atoms with Gasteiger partial charge in [0.1, 0.15) is 5.56 Å². The molecule has 2 heterocycles. The molecule has 0 spiro atoms. The van der Waals surface area contributed by atoms with Crippen molar-refractivity contribution in [3.63, 3.8) is 0 Å². The quantitative estimate of drug-likeness (QED) is 0.728. The van der Waals surface area contributed by atoms with Gasteiger partial charge in [-0.25, -0.2) is 0 Å². The van der Waals surface area contributed by atoms with Crippen molar-refractivity contribution in [2.24, 2.45) is 7.05 Å². The predicted molar refractivity (Wildman–Crippen MR) is 67.9 cm³/mol. The highest BCUT2D eigenvalue weighted by atomic mass is 16.5. The van der Waals surface area contributed by atoms with Crippen LogP contribution >= 0.6 is 0 Å². The summed E-state index contributed by atoms with van der Waals surface area (Å²) in [6, 6.07) is 1.87. The van der Waals surface area contributed by atoms with Crippen molar-refractivity contribution in [1.82, 2.24) is 9.47 Å². The first-order valence-electron chi connectivity index (χ1n) is 6.06. The summed E-state index contributed by atoms with van der Waals surface area (Å²) in [5.74, 6) is -0.184. The van der Waals surface area contributed by atoms with Crippen LogP contribution in [0.1, 0.15) is 21.6 Å².